The van der Waals surface area contributed by atoms with Crippen LogP contribution in [0.5, 0.6) is 0 Å². The SMILES string of the molecule is CN(Cc1ncc[nH]1)C[C@H]1CC(=O)N(C2CCCC2)C1. The molecule has 2 fully saturated rings. The summed E-state index contributed by atoms with van der Waals surface area (Å²) in [6.07, 6.45) is 9.35. The molecule has 2 aliphatic rings. The predicted molar refractivity (Wildman–Crippen MR) is 77.0 cm³/mol. The Balaban J connectivity index is 1.50. The molecule has 1 aromatic rings. The fraction of sp³-hybridized carbons (Fsp3) is 0.733. The van der Waals surface area contributed by atoms with E-state index in [9.17, 15) is 4.79 Å². The number of nitrogens with zero attached hydrogens (tertiary/aromatic N) is 3. The zero-order chi connectivity index (χ0) is 13.9. The third-order valence-corrected chi connectivity index (χ3v) is 4.55. The molecular weight excluding hydrogens is 252 g/mol. The third kappa shape index (κ3) is 3.03. The van der Waals surface area contributed by atoms with Crippen LogP contribution in [0.3, 0.4) is 0 Å². The van der Waals surface area contributed by atoms with Crippen molar-refractivity contribution in [1.82, 2.24) is 19.8 Å². The lowest BCUT2D eigenvalue weighted by atomic mass is 10.1. The highest BCUT2D eigenvalue weighted by atomic mass is 16.2. The van der Waals surface area contributed by atoms with Gasteiger partial charge in [0.15, 0.2) is 0 Å². The standard InChI is InChI=1S/C15H24N4O/c1-18(11-14-16-6-7-17-14)9-12-8-15(20)19(10-12)13-4-2-3-5-13/h6-7,12-13H,2-5,8-11H2,1H3,(H,16,17)/t12-/m1/s1. The molecule has 110 valence electrons. The number of aromatic nitrogens is 2. The summed E-state index contributed by atoms with van der Waals surface area (Å²) in [4.78, 5) is 23.9. The first-order valence-corrected chi connectivity index (χ1v) is 7.68. The van der Waals surface area contributed by atoms with Gasteiger partial charge in [-0.25, -0.2) is 4.98 Å². The summed E-state index contributed by atoms with van der Waals surface area (Å²) >= 11 is 0. The smallest absolute Gasteiger partial charge is 0.223 e. The molecule has 3 rings (SSSR count). The molecule has 0 radical (unpaired) electrons. The van der Waals surface area contributed by atoms with E-state index >= 15 is 0 Å². The molecule has 1 N–H and O–H groups in total. The molecule has 2 heterocycles. The van der Waals surface area contributed by atoms with Gasteiger partial charge in [-0.3, -0.25) is 9.69 Å². The van der Waals surface area contributed by atoms with Crippen molar-refractivity contribution in [3.8, 4) is 0 Å². The molecule has 1 saturated heterocycles. The molecule has 1 atom stereocenters. The Hall–Kier alpha value is -1.36. The first kappa shape index (κ1) is 13.6. The molecule has 0 spiro atoms. The van der Waals surface area contributed by atoms with Crippen LogP contribution in [0.15, 0.2) is 12.4 Å². The maximum Gasteiger partial charge on any atom is 0.223 e. The van der Waals surface area contributed by atoms with Gasteiger partial charge in [-0.15, -0.1) is 0 Å². The van der Waals surface area contributed by atoms with E-state index in [4.69, 9.17) is 0 Å². The van der Waals surface area contributed by atoms with Crippen LogP contribution in [-0.2, 0) is 11.3 Å². The molecule has 20 heavy (non-hydrogen) atoms. The molecule has 1 amide bonds. The van der Waals surface area contributed by atoms with Gasteiger partial charge in [0.25, 0.3) is 0 Å². The molecule has 5 nitrogen and oxygen atoms in total. The number of carbonyl (C=O) groups excluding carboxylic acids is 1. The quantitative estimate of drug-likeness (QED) is 0.889. The largest absolute Gasteiger partial charge is 0.348 e. The molecule has 1 saturated carbocycles. The van der Waals surface area contributed by atoms with Gasteiger partial charge in [0.05, 0.1) is 6.54 Å². The summed E-state index contributed by atoms with van der Waals surface area (Å²) in [6, 6.07) is 0.530. The van der Waals surface area contributed by atoms with E-state index in [1.54, 1.807) is 6.20 Å². The summed E-state index contributed by atoms with van der Waals surface area (Å²) in [5.41, 5.74) is 0. The van der Waals surface area contributed by atoms with Crippen molar-refractivity contribution in [2.24, 2.45) is 5.92 Å². The van der Waals surface area contributed by atoms with Gasteiger partial charge in [-0.2, -0.15) is 0 Å². The van der Waals surface area contributed by atoms with Crippen molar-refractivity contribution in [3.05, 3.63) is 18.2 Å². The average molecular weight is 276 g/mol. The Morgan fingerprint density at radius 2 is 2.25 bits per heavy atom. The molecule has 5 heteroatoms. The first-order chi connectivity index (χ1) is 9.72. The van der Waals surface area contributed by atoms with E-state index in [0.29, 0.717) is 17.9 Å². The van der Waals surface area contributed by atoms with Gasteiger partial charge in [0.2, 0.25) is 5.91 Å². The van der Waals surface area contributed by atoms with Crippen LogP contribution in [0.4, 0.5) is 0 Å². The second-order valence-electron chi connectivity index (χ2n) is 6.29. The van der Waals surface area contributed by atoms with E-state index in [-0.39, 0.29) is 0 Å². The van der Waals surface area contributed by atoms with Crippen LogP contribution in [0.25, 0.3) is 0 Å². The highest BCUT2D eigenvalue weighted by molar-refractivity contribution is 5.79. The minimum atomic E-state index is 0.369. The molecule has 1 aliphatic heterocycles. The van der Waals surface area contributed by atoms with Crippen molar-refractivity contribution in [3.63, 3.8) is 0 Å². The number of nitrogens with one attached hydrogen (secondary N) is 1. The number of aromatic amines is 1. The zero-order valence-electron chi connectivity index (χ0n) is 12.2. The summed E-state index contributed by atoms with van der Waals surface area (Å²) in [7, 11) is 2.10. The van der Waals surface area contributed by atoms with Crippen LogP contribution in [-0.4, -0.2) is 51.9 Å². The molecular formula is C15H24N4O. The second kappa shape index (κ2) is 5.95. The fourth-order valence-electron chi connectivity index (χ4n) is 3.65. The monoisotopic (exact) mass is 276 g/mol. The van der Waals surface area contributed by atoms with Crippen LogP contribution < -0.4 is 0 Å². The number of hydrogen-bond donors (Lipinski definition) is 1. The first-order valence-electron chi connectivity index (χ1n) is 7.68. The van der Waals surface area contributed by atoms with E-state index in [1.165, 1.54) is 25.7 Å². The van der Waals surface area contributed by atoms with E-state index in [0.717, 1.165) is 31.9 Å². The van der Waals surface area contributed by atoms with Gasteiger partial charge >= 0.3 is 0 Å². The van der Waals surface area contributed by atoms with E-state index in [2.05, 4.69) is 26.8 Å². The molecule has 0 bridgehead atoms. The van der Waals surface area contributed by atoms with Crippen molar-refractivity contribution in [1.29, 1.82) is 0 Å². The van der Waals surface area contributed by atoms with Gasteiger partial charge in [0.1, 0.15) is 5.82 Å². The van der Waals surface area contributed by atoms with Gasteiger partial charge < -0.3 is 9.88 Å². The minimum absolute atomic E-state index is 0.369. The molecule has 1 aliphatic carbocycles. The molecule has 1 aromatic heterocycles. The van der Waals surface area contributed by atoms with Crippen molar-refractivity contribution >= 4 is 5.91 Å². The number of imidazole rings is 1. The van der Waals surface area contributed by atoms with Crippen LogP contribution in [0.2, 0.25) is 0 Å². The fourth-order valence-corrected chi connectivity index (χ4v) is 3.65. The number of H-pyrrole nitrogens is 1. The number of carbonyl (C=O) groups is 1. The number of likely N-dealkylation sites (tertiary alicyclic amines) is 1. The summed E-state index contributed by atoms with van der Waals surface area (Å²) in [6.45, 7) is 2.74. The lowest BCUT2D eigenvalue weighted by Crippen LogP contribution is -2.35. The summed E-state index contributed by atoms with van der Waals surface area (Å²) in [5, 5.41) is 0. The van der Waals surface area contributed by atoms with Gasteiger partial charge in [-0.1, -0.05) is 12.8 Å². The zero-order valence-corrected chi connectivity index (χ0v) is 12.2. The molecule has 0 unspecified atom stereocenters. The predicted octanol–water partition coefficient (Wildman–Crippen LogP) is 1.63. The average Bonchev–Trinajstić information content (AvgIpc) is 3.10. The normalized spacial score (nSPS) is 24.2. The van der Waals surface area contributed by atoms with Crippen molar-refractivity contribution < 1.29 is 4.79 Å². The Labute approximate surface area is 120 Å². The van der Waals surface area contributed by atoms with E-state index < -0.39 is 0 Å². The second-order valence-corrected chi connectivity index (χ2v) is 6.29. The minimum Gasteiger partial charge on any atom is -0.348 e. The lowest BCUT2D eigenvalue weighted by molar-refractivity contribution is -0.129. The Kier molecular flexibility index (Phi) is 4.05. The Morgan fingerprint density at radius 3 is 2.95 bits per heavy atom. The topological polar surface area (TPSA) is 52.2 Å². The Morgan fingerprint density at radius 1 is 1.45 bits per heavy atom. The lowest BCUT2D eigenvalue weighted by Gasteiger charge is -2.25. The van der Waals surface area contributed by atoms with Crippen molar-refractivity contribution in [2.75, 3.05) is 20.1 Å². The van der Waals surface area contributed by atoms with Crippen LogP contribution >= 0.6 is 0 Å². The van der Waals surface area contributed by atoms with Gasteiger partial charge in [0, 0.05) is 37.9 Å². The van der Waals surface area contributed by atoms with E-state index in [1.807, 2.05) is 6.20 Å². The number of hydrogen-bond acceptors (Lipinski definition) is 3. The molecule has 0 aromatic carbocycles. The van der Waals surface area contributed by atoms with Crippen LogP contribution in [0.1, 0.15) is 37.9 Å². The summed E-state index contributed by atoms with van der Waals surface area (Å²) < 4.78 is 0. The Bertz CT molecular complexity index is 439. The highest BCUT2D eigenvalue weighted by Crippen LogP contribution is 2.29. The third-order valence-electron chi connectivity index (χ3n) is 4.55. The maximum atomic E-state index is 12.2. The number of rotatable bonds is 5. The highest BCUT2D eigenvalue weighted by Gasteiger charge is 2.35. The van der Waals surface area contributed by atoms with Gasteiger partial charge in [-0.05, 0) is 25.8 Å². The van der Waals surface area contributed by atoms with Crippen LogP contribution in [0, 0.1) is 5.92 Å². The number of amides is 1. The maximum absolute atomic E-state index is 12.2. The van der Waals surface area contributed by atoms with Crippen molar-refractivity contribution in [2.45, 2.75) is 44.7 Å². The summed E-state index contributed by atoms with van der Waals surface area (Å²) in [5.74, 6) is 1.83.